The van der Waals surface area contributed by atoms with E-state index in [-0.39, 0.29) is 5.69 Å². The van der Waals surface area contributed by atoms with E-state index in [1.54, 1.807) is 0 Å². The lowest BCUT2D eigenvalue weighted by Gasteiger charge is -2.09. The smallest absolute Gasteiger partial charge is 0.182 e. The summed E-state index contributed by atoms with van der Waals surface area (Å²) >= 11 is 0. The molecule has 0 amide bonds. The fraction of sp³-hybridized carbons (Fsp3) is 0.333. The molecule has 1 aromatic heterocycles. The van der Waals surface area contributed by atoms with Gasteiger partial charge in [-0.1, -0.05) is 0 Å². The average molecular weight is 282 g/mol. The first-order valence-electron chi connectivity index (χ1n) is 6.48. The zero-order chi connectivity index (χ0) is 14.9. The first kappa shape index (κ1) is 14.5. The topological polar surface area (TPSA) is 17.0 Å². The molecule has 0 aliphatic heterocycles. The summed E-state index contributed by atoms with van der Waals surface area (Å²) in [5, 5.41) is 2.75. The van der Waals surface area contributed by atoms with Crippen molar-refractivity contribution in [3.05, 3.63) is 52.6 Å². The molecule has 0 aliphatic carbocycles. The average Bonchev–Trinajstić information content (AvgIpc) is 2.66. The molecule has 1 heterocycles. The van der Waals surface area contributed by atoms with Crippen LogP contribution in [0.25, 0.3) is 0 Å². The zero-order valence-electron chi connectivity index (χ0n) is 11.7. The maximum absolute atomic E-state index is 13.5. The Morgan fingerprint density at radius 1 is 1.10 bits per heavy atom. The lowest BCUT2D eigenvalue weighted by atomic mass is 10.2. The third-order valence-electron chi connectivity index (χ3n) is 3.46. The summed E-state index contributed by atoms with van der Waals surface area (Å²) in [7, 11) is 0. The van der Waals surface area contributed by atoms with E-state index in [0.717, 1.165) is 29.6 Å². The van der Waals surface area contributed by atoms with E-state index in [1.807, 2.05) is 26.8 Å². The van der Waals surface area contributed by atoms with Gasteiger partial charge in [0, 0.05) is 36.6 Å². The Hall–Kier alpha value is -1.91. The molecule has 2 rings (SSSR count). The van der Waals surface area contributed by atoms with Crippen LogP contribution in [0.5, 0.6) is 0 Å². The number of aromatic nitrogens is 1. The van der Waals surface area contributed by atoms with E-state index in [1.165, 1.54) is 0 Å². The Labute approximate surface area is 116 Å². The van der Waals surface area contributed by atoms with Gasteiger partial charge in [0.15, 0.2) is 11.6 Å². The van der Waals surface area contributed by atoms with Gasteiger partial charge in [-0.2, -0.15) is 0 Å². The van der Waals surface area contributed by atoms with Crippen LogP contribution in [-0.4, -0.2) is 4.57 Å². The SMILES string of the molecule is CCn1c(C)cc(CNc2cc(F)cc(F)c2F)c1C. The molecular formula is C15H17F3N2. The molecule has 0 aliphatic rings. The van der Waals surface area contributed by atoms with Crippen molar-refractivity contribution in [2.75, 3.05) is 5.32 Å². The molecular weight excluding hydrogens is 265 g/mol. The fourth-order valence-corrected chi connectivity index (χ4v) is 2.41. The second-order valence-corrected chi connectivity index (χ2v) is 4.74. The number of nitrogens with one attached hydrogen (secondary N) is 1. The quantitative estimate of drug-likeness (QED) is 0.833. The van der Waals surface area contributed by atoms with Crippen LogP contribution in [0.1, 0.15) is 23.9 Å². The minimum atomic E-state index is -1.19. The van der Waals surface area contributed by atoms with E-state index in [2.05, 4.69) is 9.88 Å². The van der Waals surface area contributed by atoms with Gasteiger partial charge in [-0.05, 0) is 32.4 Å². The maximum Gasteiger partial charge on any atom is 0.182 e. The highest BCUT2D eigenvalue weighted by molar-refractivity contribution is 5.46. The van der Waals surface area contributed by atoms with Crippen LogP contribution in [0.2, 0.25) is 0 Å². The third-order valence-corrected chi connectivity index (χ3v) is 3.46. The van der Waals surface area contributed by atoms with E-state index in [0.29, 0.717) is 12.6 Å². The number of hydrogen-bond acceptors (Lipinski definition) is 1. The number of rotatable bonds is 4. The zero-order valence-corrected chi connectivity index (χ0v) is 11.7. The van der Waals surface area contributed by atoms with Gasteiger partial charge in [0.1, 0.15) is 5.82 Å². The second kappa shape index (κ2) is 5.61. The minimum Gasteiger partial charge on any atom is -0.378 e. The Balaban J connectivity index is 2.21. The van der Waals surface area contributed by atoms with Gasteiger partial charge in [-0.25, -0.2) is 13.2 Å². The van der Waals surface area contributed by atoms with Crippen LogP contribution < -0.4 is 5.32 Å². The van der Waals surface area contributed by atoms with E-state index < -0.39 is 17.5 Å². The Morgan fingerprint density at radius 3 is 2.40 bits per heavy atom. The van der Waals surface area contributed by atoms with Crippen molar-refractivity contribution >= 4 is 5.69 Å². The molecule has 0 saturated heterocycles. The van der Waals surface area contributed by atoms with Crippen LogP contribution in [0, 0.1) is 31.3 Å². The van der Waals surface area contributed by atoms with Crippen molar-refractivity contribution in [1.82, 2.24) is 4.57 Å². The molecule has 0 atom stereocenters. The molecule has 0 fully saturated rings. The van der Waals surface area contributed by atoms with Gasteiger partial charge in [0.25, 0.3) is 0 Å². The van der Waals surface area contributed by atoms with Crippen LogP contribution in [-0.2, 0) is 13.1 Å². The normalized spacial score (nSPS) is 10.9. The van der Waals surface area contributed by atoms with Gasteiger partial charge in [0.2, 0.25) is 0 Å². The summed E-state index contributed by atoms with van der Waals surface area (Å²) in [6.45, 7) is 7.16. The van der Waals surface area contributed by atoms with Crippen LogP contribution in [0.4, 0.5) is 18.9 Å². The molecule has 0 radical (unpaired) electrons. The van der Waals surface area contributed by atoms with Gasteiger partial charge >= 0.3 is 0 Å². The van der Waals surface area contributed by atoms with Gasteiger partial charge < -0.3 is 9.88 Å². The molecule has 5 heteroatoms. The number of nitrogens with zero attached hydrogens (tertiary/aromatic N) is 1. The lowest BCUT2D eigenvalue weighted by molar-refractivity contribution is 0.497. The first-order chi connectivity index (χ1) is 9.43. The summed E-state index contributed by atoms with van der Waals surface area (Å²) in [6.07, 6.45) is 0. The second-order valence-electron chi connectivity index (χ2n) is 4.74. The molecule has 1 N–H and O–H groups in total. The molecule has 1 aromatic carbocycles. The summed E-state index contributed by atoms with van der Waals surface area (Å²) in [5.74, 6) is -3.05. The summed E-state index contributed by atoms with van der Waals surface area (Å²) < 4.78 is 41.8. The van der Waals surface area contributed by atoms with Gasteiger partial charge in [-0.3, -0.25) is 0 Å². The highest BCUT2D eigenvalue weighted by Gasteiger charge is 2.12. The van der Waals surface area contributed by atoms with Crippen molar-refractivity contribution in [1.29, 1.82) is 0 Å². The molecule has 0 saturated carbocycles. The van der Waals surface area contributed by atoms with Crippen LogP contribution in [0.3, 0.4) is 0 Å². The Kier molecular flexibility index (Phi) is 4.06. The molecule has 108 valence electrons. The standard InChI is InChI=1S/C15H17F3N2/c1-4-20-9(2)5-11(10(20)3)8-19-14-7-12(16)6-13(17)15(14)18/h5-7,19H,4,8H2,1-3H3. The van der Waals surface area contributed by atoms with Crippen molar-refractivity contribution in [2.24, 2.45) is 0 Å². The number of hydrogen-bond donors (Lipinski definition) is 1. The predicted molar refractivity (Wildman–Crippen MR) is 73.2 cm³/mol. The molecule has 0 bridgehead atoms. The molecule has 2 nitrogen and oxygen atoms in total. The Morgan fingerprint density at radius 2 is 1.80 bits per heavy atom. The van der Waals surface area contributed by atoms with Crippen molar-refractivity contribution in [3.63, 3.8) is 0 Å². The molecule has 2 aromatic rings. The molecule has 0 spiro atoms. The van der Waals surface area contributed by atoms with E-state index in [4.69, 9.17) is 0 Å². The molecule has 20 heavy (non-hydrogen) atoms. The number of aryl methyl sites for hydroxylation is 1. The first-order valence-corrected chi connectivity index (χ1v) is 6.48. The summed E-state index contributed by atoms with van der Waals surface area (Å²) in [5.41, 5.74) is 2.99. The number of anilines is 1. The molecule has 0 unspecified atom stereocenters. The van der Waals surface area contributed by atoms with Gasteiger partial charge in [-0.15, -0.1) is 0 Å². The van der Waals surface area contributed by atoms with Crippen LogP contribution >= 0.6 is 0 Å². The maximum atomic E-state index is 13.5. The van der Waals surface area contributed by atoms with E-state index >= 15 is 0 Å². The number of benzene rings is 1. The number of halogens is 3. The predicted octanol–water partition coefficient (Wildman–Crippen LogP) is 4.15. The monoisotopic (exact) mass is 282 g/mol. The summed E-state index contributed by atoms with van der Waals surface area (Å²) in [6, 6.07) is 3.47. The lowest BCUT2D eigenvalue weighted by Crippen LogP contribution is -2.05. The highest BCUT2D eigenvalue weighted by Crippen LogP contribution is 2.21. The van der Waals surface area contributed by atoms with Crippen LogP contribution in [0.15, 0.2) is 18.2 Å². The van der Waals surface area contributed by atoms with Crippen molar-refractivity contribution in [3.8, 4) is 0 Å². The van der Waals surface area contributed by atoms with Crippen molar-refractivity contribution in [2.45, 2.75) is 33.9 Å². The largest absolute Gasteiger partial charge is 0.378 e. The van der Waals surface area contributed by atoms with Crippen molar-refractivity contribution < 1.29 is 13.2 Å². The minimum absolute atomic E-state index is 0.163. The van der Waals surface area contributed by atoms with Gasteiger partial charge in [0.05, 0.1) is 5.69 Å². The Bertz CT molecular complexity index is 633. The summed E-state index contributed by atoms with van der Waals surface area (Å²) in [4.78, 5) is 0. The van der Waals surface area contributed by atoms with E-state index in [9.17, 15) is 13.2 Å². The highest BCUT2D eigenvalue weighted by atomic mass is 19.2. The third kappa shape index (κ3) is 2.66. The fourth-order valence-electron chi connectivity index (χ4n) is 2.41.